The van der Waals surface area contributed by atoms with Gasteiger partial charge in [-0.15, -0.1) is 0 Å². The molecule has 1 aliphatic heterocycles. The Morgan fingerprint density at radius 1 is 1.42 bits per heavy atom. The molecule has 1 aromatic rings. The highest BCUT2D eigenvalue weighted by Gasteiger charge is 2.27. The maximum atomic E-state index is 6.40. The third-order valence-electron chi connectivity index (χ3n) is 4.35. The van der Waals surface area contributed by atoms with Gasteiger partial charge in [0.15, 0.2) is 0 Å². The van der Waals surface area contributed by atoms with Crippen molar-refractivity contribution in [3.8, 4) is 0 Å². The fourth-order valence-corrected chi connectivity index (χ4v) is 3.07. The second kappa shape index (κ2) is 7.01. The summed E-state index contributed by atoms with van der Waals surface area (Å²) in [6.07, 6.45) is 8.74. The number of hydrogen-bond acceptors (Lipinski definition) is 3. The third-order valence-corrected chi connectivity index (χ3v) is 4.35. The third kappa shape index (κ3) is 3.77. The lowest BCUT2D eigenvalue weighted by molar-refractivity contribution is 0.173. The lowest BCUT2D eigenvalue weighted by Gasteiger charge is -2.34. The molecule has 3 unspecified atom stereocenters. The molecule has 106 valence electrons. The minimum Gasteiger partial charge on any atom is -0.326 e. The largest absolute Gasteiger partial charge is 0.326 e. The maximum absolute atomic E-state index is 6.40. The lowest BCUT2D eigenvalue weighted by Crippen LogP contribution is -2.41. The zero-order valence-corrected chi connectivity index (χ0v) is 12.3. The number of likely N-dealkylation sites (tertiary alicyclic amines) is 1. The predicted molar refractivity (Wildman–Crippen MR) is 79.8 cm³/mol. The normalized spacial score (nSPS) is 24.7. The summed E-state index contributed by atoms with van der Waals surface area (Å²) in [5.74, 6) is 0.845. The van der Waals surface area contributed by atoms with E-state index < -0.39 is 0 Å². The second-order valence-electron chi connectivity index (χ2n) is 5.88. The van der Waals surface area contributed by atoms with E-state index in [1.54, 1.807) is 0 Å². The first kappa shape index (κ1) is 14.5. The number of pyridine rings is 1. The Bertz CT molecular complexity index is 366. The zero-order valence-electron chi connectivity index (χ0n) is 12.3. The minimum atomic E-state index is 0.192. The van der Waals surface area contributed by atoms with Crippen molar-refractivity contribution in [3.05, 3.63) is 30.1 Å². The molecule has 1 aliphatic rings. The highest BCUT2D eigenvalue weighted by molar-refractivity contribution is 5.16. The first-order chi connectivity index (χ1) is 9.22. The number of aromatic nitrogens is 1. The van der Waals surface area contributed by atoms with Gasteiger partial charge in [-0.05, 0) is 56.3 Å². The molecule has 1 saturated heterocycles. The molecule has 0 bridgehead atoms. The van der Waals surface area contributed by atoms with E-state index in [1.165, 1.54) is 24.8 Å². The zero-order chi connectivity index (χ0) is 13.7. The average molecular weight is 261 g/mol. The fraction of sp³-hybridized carbons (Fsp3) is 0.688. The van der Waals surface area contributed by atoms with E-state index in [4.69, 9.17) is 5.73 Å². The van der Waals surface area contributed by atoms with E-state index in [9.17, 15) is 0 Å². The topological polar surface area (TPSA) is 42.1 Å². The number of nitrogens with zero attached hydrogens (tertiary/aromatic N) is 2. The van der Waals surface area contributed by atoms with E-state index in [0.29, 0.717) is 6.04 Å². The SMILES string of the molecule is CCC(N)C(c1cccnc1)N1CCCC(C)CC1. The van der Waals surface area contributed by atoms with Crippen LogP contribution in [0.15, 0.2) is 24.5 Å². The van der Waals surface area contributed by atoms with Crippen LogP contribution in [0, 0.1) is 5.92 Å². The Balaban J connectivity index is 2.18. The van der Waals surface area contributed by atoms with Crippen LogP contribution >= 0.6 is 0 Å². The van der Waals surface area contributed by atoms with Gasteiger partial charge in [-0.1, -0.05) is 19.9 Å². The molecule has 2 rings (SSSR count). The molecule has 2 heterocycles. The Morgan fingerprint density at radius 2 is 2.26 bits per heavy atom. The Morgan fingerprint density at radius 3 is 2.95 bits per heavy atom. The lowest BCUT2D eigenvalue weighted by atomic mass is 9.97. The van der Waals surface area contributed by atoms with Gasteiger partial charge in [-0.2, -0.15) is 0 Å². The van der Waals surface area contributed by atoms with E-state index in [0.717, 1.165) is 25.4 Å². The van der Waals surface area contributed by atoms with Crippen molar-refractivity contribution in [3.63, 3.8) is 0 Å². The first-order valence-electron chi connectivity index (χ1n) is 7.62. The highest BCUT2D eigenvalue weighted by Crippen LogP contribution is 2.28. The van der Waals surface area contributed by atoms with Crippen molar-refractivity contribution in [1.29, 1.82) is 0 Å². The van der Waals surface area contributed by atoms with Crippen molar-refractivity contribution in [2.24, 2.45) is 11.7 Å². The summed E-state index contributed by atoms with van der Waals surface area (Å²) >= 11 is 0. The van der Waals surface area contributed by atoms with Gasteiger partial charge >= 0.3 is 0 Å². The van der Waals surface area contributed by atoms with E-state index >= 15 is 0 Å². The van der Waals surface area contributed by atoms with Gasteiger partial charge in [-0.3, -0.25) is 9.88 Å². The Hall–Kier alpha value is -0.930. The van der Waals surface area contributed by atoms with Crippen molar-refractivity contribution < 1.29 is 0 Å². The van der Waals surface area contributed by atoms with Crippen molar-refractivity contribution in [1.82, 2.24) is 9.88 Å². The summed E-state index contributed by atoms with van der Waals surface area (Å²) in [7, 11) is 0. The number of hydrogen-bond donors (Lipinski definition) is 1. The van der Waals surface area contributed by atoms with E-state index in [-0.39, 0.29) is 6.04 Å². The highest BCUT2D eigenvalue weighted by atomic mass is 15.2. The van der Waals surface area contributed by atoms with Crippen LogP contribution in [0.4, 0.5) is 0 Å². The molecular formula is C16H27N3. The summed E-state index contributed by atoms with van der Waals surface area (Å²) in [4.78, 5) is 6.85. The molecule has 0 radical (unpaired) electrons. The minimum absolute atomic E-state index is 0.192. The van der Waals surface area contributed by atoms with Crippen molar-refractivity contribution >= 4 is 0 Å². The molecular weight excluding hydrogens is 234 g/mol. The Labute approximate surface area is 117 Å². The first-order valence-corrected chi connectivity index (χ1v) is 7.62. The Kier molecular flexibility index (Phi) is 5.34. The quantitative estimate of drug-likeness (QED) is 0.906. The fourth-order valence-electron chi connectivity index (χ4n) is 3.07. The number of rotatable bonds is 4. The van der Waals surface area contributed by atoms with Gasteiger partial charge in [0, 0.05) is 18.4 Å². The summed E-state index contributed by atoms with van der Waals surface area (Å²) in [6.45, 7) is 6.86. The van der Waals surface area contributed by atoms with Gasteiger partial charge in [0.25, 0.3) is 0 Å². The van der Waals surface area contributed by atoms with Gasteiger partial charge < -0.3 is 5.73 Å². The van der Waals surface area contributed by atoms with Crippen LogP contribution in [0.5, 0.6) is 0 Å². The molecule has 3 heteroatoms. The second-order valence-corrected chi connectivity index (χ2v) is 5.88. The van der Waals surface area contributed by atoms with Gasteiger partial charge in [0.05, 0.1) is 6.04 Å². The van der Waals surface area contributed by atoms with E-state index in [1.807, 2.05) is 18.5 Å². The van der Waals surface area contributed by atoms with Gasteiger partial charge in [-0.25, -0.2) is 0 Å². The molecule has 0 amide bonds. The molecule has 19 heavy (non-hydrogen) atoms. The van der Waals surface area contributed by atoms with E-state index in [2.05, 4.69) is 29.8 Å². The van der Waals surface area contributed by atoms with Crippen LogP contribution in [0.1, 0.15) is 51.1 Å². The smallest absolute Gasteiger partial charge is 0.0514 e. The standard InChI is InChI=1S/C16H27N3/c1-3-15(17)16(14-7-4-9-18-12-14)19-10-5-6-13(2)8-11-19/h4,7,9,12-13,15-16H,3,5-6,8,10-11,17H2,1-2H3. The van der Waals surface area contributed by atoms with Crippen LogP contribution in [0.3, 0.4) is 0 Å². The molecule has 0 aromatic carbocycles. The molecule has 1 aromatic heterocycles. The molecule has 0 spiro atoms. The van der Waals surface area contributed by atoms with Crippen LogP contribution < -0.4 is 5.73 Å². The summed E-state index contributed by atoms with van der Waals surface area (Å²) < 4.78 is 0. The molecule has 0 aliphatic carbocycles. The van der Waals surface area contributed by atoms with Crippen LogP contribution in [-0.4, -0.2) is 29.0 Å². The maximum Gasteiger partial charge on any atom is 0.0514 e. The van der Waals surface area contributed by atoms with Gasteiger partial charge in [0.1, 0.15) is 0 Å². The van der Waals surface area contributed by atoms with Crippen LogP contribution in [0.25, 0.3) is 0 Å². The summed E-state index contributed by atoms with van der Waals surface area (Å²) in [6, 6.07) is 4.70. The van der Waals surface area contributed by atoms with Crippen LogP contribution in [0.2, 0.25) is 0 Å². The molecule has 3 nitrogen and oxygen atoms in total. The van der Waals surface area contributed by atoms with Crippen molar-refractivity contribution in [2.75, 3.05) is 13.1 Å². The summed E-state index contributed by atoms with van der Waals surface area (Å²) in [5, 5.41) is 0. The van der Waals surface area contributed by atoms with Gasteiger partial charge in [0.2, 0.25) is 0 Å². The summed E-state index contributed by atoms with van der Waals surface area (Å²) in [5.41, 5.74) is 7.67. The van der Waals surface area contributed by atoms with Crippen molar-refractivity contribution in [2.45, 2.75) is 51.6 Å². The molecule has 0 saturated carbocycles. The monoisotopic (exact) mass is 261 g/mol. The molecule has 3 atom stereocenters. The average Bonchev–Trinajstić information content (AvgIpc) is 2.65. The van der Waals surface area contributed by atoms with Crippen LogP contribution in [-0.2, 0) is 0 Å². The molecule has 1 fully saturated rings. The molecule has 2 N–H and O–H groups in total. The predicted octanol–water partition coefficient (Wildman–Crippen LogP) is 2.98. The number of nitrogens with two attached hydrogens (primary N) is 1.